The zero-order valence-corrected chi connectivity index (χ0v) is 15.2. The molecule has 1 saturated heterocycles. The van der Waals surface area contributed by atoms with Crippen molar-refractivity contribution >= 4 is 11.9 Å². The van der Waals surface area contributed by atoms with Crippen LogP contribution in [0.1, 0.15) is 40.5 Å². The number of hydrogen-bond acceptors (Lipinski definition) is 5. The molecule has 2 aliphatic rings. The molecule has 0 spiro atoms. The molecule has 2 rings (SSSR count). The molecule has 0 aromatic rings. The minimum atomic E-state index is -1.11. The summed E-state index contributed by atoms with van der Waals surface area (Å²) in [7, 11) is 0. The van der Waals surface area contributed by atoms with Crippen LogP contribution in [-0.2, 0) is 19.1 Å². The Morgan fingerprint density at radius 1 is 1.44 bits per heavy atom. The summed E-state index contributed by atoms with van der Waals surface area (Å²) in [6, 6.07) is 0. The molecule has 0 aromatic heterocycles. The van der Waals surface area contributed by atoms with Crippen molar-refractivity contribution in [3.8, 4) is 0 Å². The van der Waals surface area contributed by atoms with E-state index in [1.54, 1.807) is 19.9 Å². The van der Waals surface area contributed by atoms with Crippen LogP contribution in [0.2, 0.25) is 0 Å². The Bertz CT molecular complexity index is 668. The summed E-state index contributed by atoms with van der Waals surface area (Å²) >= 11 is 0. The van der Waals surface area contributed by atoms with E-state index in [1.165, 1.54) is 0 Å². The molecular formula is C20H26O5. The lowest BCUT2D eigenvalue weighted by molar-refractivity contribution is -0.150. The number of rotatable bonds is 2. The average molecular weight is 346 g/mol. The molecule has 0 bridgehead atoms. The Balaban J connectivity index is 2.40. The van der Waals surface area contributed by atoms with Crippen LogP contribution in [0.4, 0.5) is 0 Å². The van der Waals surface area contributed by atoms with Gasteiger partial charge in [-0.25, -0.2) is 9.59 Å². The first-order chi connectivity index (χ1) is 11.8. The highest BCUT2D eigenvalue weighted by atomic mass is 16.6. The Morgan fingerprint density at radius 3 is 2.76 bits per heavy atom. The quantitative estimate of drug-likeness (QED) is 0.473. The molecule has 5 nitrogen and oxygen atoms in total. The maximum Gasteiger partial charge on any atom is 0.334 e. The fourth-order valence-corrected chi connectivity index (χ4v) is 3.10. The summed E-state index contributed by atoms with van der Waals surface area (Å²) < 4.78 is 10.9. The monoisotopic (exact) mass is 346 g/mol. The van der Waals surface area contributed by atoms with E-state index in [4.69, 9.17) is 9.47 Å². The van der Waals surface area contributed by atoms with Crippen molar-refractivity contribution in [3.63, 3.8) is 0 Å². The van der Waals surface area contributed by atoms with Crippen molar-refractivity contribution in [1.29, 1.82) is 0 Å². The number of allylic oxidation sites excluding steroid dienone is 3. The predicted octanol–water partition coefficient (Wildman–Crippen LogP) is 3.01. The van der Waals surface area contributed by atoms with Crippen LogP contribution < -0.4 is 0 Å². The number of carbonyl (C=O) groups excluding carboxylic acids is 2. The van der Waals surface area contributed by atoms with Crippen molar-refractivity contribution < 1.29 is 24.2 Å². The van der Waals surface area contributed by atoms with Crippen molar-refractivity contribution in [2.24, 2.45) is 5.92 Å². The Labute approximate surface area is 148 Å². The normalized spacial score (nSPS) is 35.0. The third-order valence-corrected chi connectivity index (χ3v) is 4.83. The molecule has 1 aliphatic carbocycles. The van der Waals surface area contributed by atoms with Crippen LogP contribution >= 0.6 is 0 Å². The first-order valence-corrected chi connectivity index (χ1v) is 8.52. The van der Waals surface area contributed by atoms with Gasteiger partial charge in [-0.05, 0) is 52.2 Å². The van der Waals surface area contributed by atoms with Gasteiger partial charge in [-0.3, -0.25) is 0 Å². The SMILES string of the molecule is C=C1C(=O)O[C@H]2/C=C(\C)CC/C=C(\C)[C@@H](OC(=O)/C(C)=C\C)[C@H](O)[C@@H]12. The van der Waals surface area contributed by atoms with Gasteiger partial charge in [0.15, 0.2) is 0 Å². The fourth-order valence-electron chi connectivity index (χ4n) is 3.10. The highest BCUT2D eigenvalue weighted by Gasteiger charge is 2.46. The summed E-state index contributed by atoms with van der Waals surface area (Å²) in [5.41, 5.74) is 2.50. The molecule has 1 N–H and O–H groups in total. The summed E-state index contributed by atoms with van der Waals surface area (Å²) in [5.74, 6) is -1.66. The second-order valence-electron chi connectivity index (χ2n) is 6.71. The van der Waals surface area contributed by atoms with Gasteiger partial charge in [0.1, 0.15) is 18.3 Å². The van der Waals surface area contributed by atoms with Gasteiger partial charge in [0.25, 0.3) is 0 Å². The average Bonchev–Trinajstić information content (AvgIpc) is 2.84. The second kappa shape index (κ2) is 7.83. The van der Waals surface area contributed by atoms with Gasteiger partial charge in [0.05, 0.1) is 5.92 Å². The molecule has 0 radical (unpaired) electrons. The number of carbonyl (C=O) groups is 2. The standard InChI is InChI=1S/C20H26O5/c1-6-12(3)19(22)25-18-13(4)9-7-8-11(2)10-15-16(17(18)21)14(5)20(23)24-15/h6,9-10,15-18,21H,5,7-8H2,1-4H3/b11-10+,12-6-,13-9+/t15-,16-,17+,18+/m0/s1. The highest BCUT2D eigenvalue weighted by molar-refractivity contribution is 5.91. The maximum atomic E-state index is 12.2. The number of aliphatic hydroxyl groups excluding tert-OH is 1. The van der Waals surface area contributed by atoms with Crippen molar-refractivity contribution in [1.82, 2.24) is 0 Å². The van der Waals surface area contributed by atoms with E-state index in [0.29, 0.717) is 5.57 Å². The van der Waals surface area contributed by atoms with Crippen molar-refractivity contribution in [2.75, 3.05) is 0 Å². The molecule has 1 fully saturated rings. The lowest BCUT2D eigenvalue weighted by atomic mass is 9.84. The Kier molecular flexibility index (Phi) is 6.01. The van der Waals surface area contributed by atoms with Gasteiger partial charge in [-0.1, -0.05) is 24.3 Å². The van der Waals surface area contributed by atoms with Gasteiger partial charge >= 0.3 is 11.9 Å². The zero-order valence-electron chi connectivity index (χ0n) is 15.2. The molecule has 0 saturated carbocycles. The van der Waals surface area contributed by atoms with Crippen LogP contribution in [0, 0.1) is 5.92 Å². The summed E-state index contributed by atoms with van der Waals surface area (Å²) in [6.45, 7) is 11.0. The van der Waals surface area contributed by atoms with E-state index in [2.05, 4.69) is 6.58 Å². The fraction of sp³-hybridized carbons (Fsp3) is 0.500. The Morgan fingerprint density at radius 2 is 2.12 bits per heavy atom. The van der Waals surface area contributed by atoms with E-state index >= 15 is 0 Å². The van der Waals surface area contributed by atoms with Gasteiger partial charge in [-0.2, -0.15) is 0 Å². The molecular weight excluding hydrogens is 320 g/mol. The van der Waals surface area contributed by atoms with E-state index in [9.17, 15) is 14.7 Å². The van der Waals surface area contributed by atoms with Gasteiger partial charge < -0.3 is 14.6 Å². The van der Waals surface area contributed by atoms with E-state index < -0.39 is 36.2 Å². The summed E-state index contributed by atoms with van der Waals surface area (Å²) in [5, 5.41) is 10.9. The molecule has 1 heterocycles. The molecule has 1 aliphatic heterocycles. The Hall–Kier alpha value is -2.14. The number of fused-ring (bicyclic) bond motifs is 1. The third-order valence-electron chi connectivity index (χ3n) is 4.83. The third kappa shape index (κ3) is 4.10. The number of esters is 2. The maximum absolute atomic E-state index is 12.2. The molecule has 5 heteroatoms. The van der Waals surface area contributed by atoms with E-state index in [0.717, 1.165) is 24.0 Å². The van der Waals surface area contributed by atoms with Crippen molar-refractivity contribution in [2.45, 2.75) is 58.8 Å². The molecule has 25 heavy (non-hydrogen) atoms. The number of aliphatic hydroxyl groups is 1. The second-order valence-corrected chi connectivity index (χ2v) is 6.71. The summed E-state index contributed by atoms with van der Waals surface area (Å²) in [6.07, 6.45) is 4.47. The minimum absolute atomic E-state index is 0.207. The number of ether oxygens (including phenoxy) is 2. The van der Waals surface area contributed by atoms with Crippen LogP contribution in [0.3, 0.4) is 0 Å². The lowest BCUT2D eigenvalue weighted by Crippen LogP contribution is -2.41. The molecule has 4 atom stereocenters. The van der Waals surface area contributed by atoms with E-state index in [-0.39, 0.29) is 5.57 Å². The van der Waals surface area contributed by atoms with Crippen LogP contribution in [0.25, 0.3) is 0 Å². The topological polar surface area (TPSA) is 72.8 Å². The zero-order chi connectivity index (χ0) is 18.7. The van der Waals surface area contributed by atoms with Crippen LogP contribution in [-0.4, -0.2) is 35.4 Å². The smallest absolute Gasteiger partial charge is 0.334 e. The number of hydrogen-bond donors (Lipinski definition) is 1. The molecule has 0 aromatic carbocycles. The highest BCUT2D eigenvalue weighted by Crippen LogP contribution is 2.35. The molecule has 0 amide bonds. The van der Waals surface area contributed by atoms with Crippen LogP contribution in [0.5, 0.6) is 0 Å². The van der Waals surface area contributed by atoms with Crippen LogP contribution in [0.15, 0.2) is 47.1 Å². The molecule has 136 valence electrons. The summed E-state index contributed by atoms with van der Waals surface area (Å²) in [4.78, 5) is 24.2. The van der Waals surface area contributed by atoms with Gasteiger partial charge in [0.2, 0.25) is 0 Å². The van der Waals surface area contributed by atoms with Crippen molar-refractivity contribution in [3.05, 3.63) is 47.1 Å². The lowest BCUT2D eigenvalue weighted by Gasteiger charge is -2.30. The first-order valence-electron chi connectivity index (χ1n) is 8.52. The first kappa shape index (κ1) is 19.2. The van der Waals surface area contributed by atoms with E-state index in [1.807, 2.05) is 26.0 Å². The minimum Gasteiger partial charge on any atom is -0.454 e. The largest absolute Gasteiger partial charge is 0.454 e. The van der Waals surface area contributed by atoms with Gasteiger partial charge in [0, 0.05) is 11.1 Å². The predicted molar refractivity (Wildman–Crippen MR) is 94.6 cm³/mol. The van der Waals surface area contributed by atoms with Gasteiger partial charge in [-0.15, -0.1) is 0 Å². The molecule has 0 unspecified atom stereocenters.